The minimum atomic E-state index is 0.857. The average Bonchev–Trinajstić information content (AvgIpc) is 2.60. The summed E-state index contributed by atoms with van der Waals surface area (Å²) in [5.41, 5.74) is 0. The molecule has 3 aliphatic rings. The largest absolute Gasteiger partial charge is 0.312 e. The Labute approximate surface area is 68.0 Å². The Morgan fingerprint density at radius 3 is 2.73 bits per heavy atom. The summed E-state index contributed by atoms with van der Waals surface area (Å²) < 4.78 is 0. The standard InChI is InChI=1S/C9H16N2/c1-2-8(1)11-5-7-3-4-10-9(7)6-11/h7-10H,1-6H2. The van der Waals surface area contributed by atoms with E-state index in [1.165, 1.54) is 38.9 Å². The number of hydrogen-bond acceptors (Lipinski definition) is 2. The van der Waals surface area contributed by atoms with Gasteiger partial charge < -0.3 is 5.32 Å². The van der Waals surface area contributed by atoms with Gasteiger partial charge >= 0.3 is 0 Å². The first-order valence-electron chi connectivity index (χ1n) is 4.91. The first-order valence-corrected chi connectivity index (χ1v) is 4.91. The van der Waals surface area contributed by atoms with Crippen molar-refractivity contribution in [2.75, 3.05) is 19.6 Å². The maximum absolute atomic E-state index is 3.59. The molecule has 62 valence electrons. The fourth-order valence-corrected chi connectivity index (χ4v) is 2.62. The van der Waals surface area contributed by atoms with Gasteiger partial charge in [-0.15, -0.1) is 0 Å². The fourth-order valence-electron chi connectivity index (χ4n) is 2.62. The second kappa shape index (κ2) is 2.20. The number of hydrogen-bond donors (Lipinski definition) is 1. The van der Waals surface area contributed by atoms with E-state index in [1.807, 2.05) is 0 Å². The quantitative estimate of drug-likeness (QED) is 0.586. The minimum Gasteiger partial charge on any atom is -0.312 e. The molecular weight excluding hydrogens is 136 g/mol. The molecule has 2 saturated heterocycles. The topological polar surface area (TPSA) is 15.3 Å². The van der Waals surface area contributed by atoms with E-state index in [1.54, 1.807) is 0 Å². The van der Waals surface area contributed by atoms with Gasteiger partial charge in [0, 0.05) is 25.2 Å². The van der Waals surface area contributed by atoms with Gasteiger partial charge in [-0.1, -0.05) is 0 Å². The Morgan fingerprint density at radius 2 is 2.00 bits per heavy atom. The van der Waals surface area contributed by atoms with Crippen LogP contribution in [-0.2, 0) is 0 Å². The molecule has 0 aromatic rings. The Hall–Kier alpha value is -0.0800. The summed E-state index contributed by atoms with van der Waals surface area (Å²) in [5.74, 6) is 0.996. The zero-order valence-corrected chi connectivity index (χ0v) is 6.92. The van der Waals surface area contributed by atoms with Crippen LogP contribution in [0.5, 0.6) is 0 Å². The molecule has 0 amide bonds. The van der Waals surface area contributed by atoms with Crippen LogP contribution in [0.15, 0.2) is 0 Å². The Bertz CT molecular complexity index is 153. The van der Waals surface area contributed by atoms with Gasteiger partial charge in [-0.3, -0.25) is 4.90 Å². The fraction of sp³-hybridized carbons (Fsp3) is 1.00. The third kappa shape index (κ3) is 1.00. The molecule has 2 heterocycles. The van der Waals surface area contributed by atoms with E-state index in [0.717, 1.165) is 18.0 Å². The number of rotatable bonds is 1. The zero-order valence-electron chi connectivity index (χ0n) is 6.92. The first-order chi connectivity index (χ1) is 5.43. The van der Waals surface area contributed by atoms with Crippen molar-refractivity contribution in [1.82, 2.24) is 10.2 Å². The van der Waals surface area contributed by atoms with E-state index < -0.39 is 0 Å². The van der Waals surface area contributed by atoms with Crippen LogP contribution < -0.4 is 5.32 Å². The van der Waals surface area contributed by atoms with Gasteiger partial charge in [0.05, 0.1) is 0 Å². The monoisotopic (exact) mass is 152 g/mol. The number of likely N-dealkylation sites (tertiary alicyclic amines) is 1. The molecule has 0 aromatic heterocycles. The van der Waals surface area contributed by atoms with Crippen molar-refractivity contribution in [3.8, 4) is 0 Å². The molecule has 0 radical (unpaired) electrons. The lowest BCUT2D eigenvalue weighted by Gasteiger charge is -2.14. The van der Waals surface area contributed by atoms with Gasteiger partial charge in [0.25, 0.3) is 0 Å². The van der Waals surface area contributed by atoms with Gasteiger partial charge in [0.1, 0.15) is 0 Å². The van der Waals surface area contributed by atoms with E-state index in [-0.39, 0.29) is 0 Å². The van der Waals surface area contributed by atoms with Crippen molar-refractivity contribution in [2.24, 2.45) is 5.92 Å². The molecule has 0 aromatic carbocycles. The molecule has 3 fully saturated rings. The van der Waals surface area contributed by atoms with E-state index in [0.29, 0.717) is 0 Å². The number of nitrogens with one attached hydrogen (secondary N) is 1. The molecule has 1 N–H and O–H groups in total. The van der Waals surface area contributed by atoms with Gasteiger partial charge in [-0.2, -0.15) is 0 Å². The minimum absolute atomic E-state index is 0.857. The summed E-state index contributed by atoms with van der Waals surface area (Å²) in [4.78, 5) is 2.70. The maximum atomic E-state index is 3.59. The summed E-state index contributed by atoms with van der Waals surface area (Å²) in [7, 11) is 0. The molecule has 2 aliphatic heterocycles. The predicted molar refractivity (Wildman–Crippen MR) is 44.5 cm³/mol. The Balaban J connectivity index is 1.67. The van der Waals surface area contributed by atoms with E-state index in [2.05, 4.69) is 10.2 Å². The highest BCUT2D eigenvalue weighted by molar-refractivity contribution is 4.98. The van der Waals surface area contributed by atoms with Crippen molar-refractivity contribution >= 4 is 0 Å². The molecule has 2 heteroatoms. The highest BCUT2D eigenvalue weighted by Crippen LogP contribution is 2.34. The van der Waals surface area contributed by atoms with Crippen molar-refractivity contribution in [3.63, 3.8) is 0 Å². The Morgan fingerprint density at radius 1 is 1.09 bits per heavy atom. The van der Waals surface area contributed by atoms with Crippen LogP contribution >= 0.6 is 0 Å². The second-order valence-corrected chi connectivity index (χ2v) is 4.29. The summed E-state index contributed by atoms with van der Waals surface area (Å²) in [5, 5.41) is 3.59. The van der Waals surface area contributed by atoms with Crippen LogP contribution in [0, 0.1) is 5.92 Å². The zero-order chi connectivity index (χ0) is 7.26. The first kappa shape index (κ1) is 6.44. The molecule has 0 bridgehead atoms. The van der Waals surface area contributed by atoms with Crippen molar-refractivity contribution < 1.29 is 0 Å². The lowest BCUT2D eigenvalue weighted by Crippen LogP contribution is -2.31. The highest BCUT2D eigenvalue weighted by Gasteiger charge is 2.41. The summed E-state index contributed by atoms with van der Waals surface area (Å²) in [6.07, 6.45) is 4.37. The lowest BCUT2D eigenvalue weighted by atomic mass is 10.1. The van der Waals surface area contributed by atoms with E-state index in [4.69, 9.17) is 0 Å². The lowest BCUT2D eigenvalue weighted by molar-refractivity contribution is 0.304. The maximum Gasteiger partial charge on any atom is 0.0236 e. The highest BCUT2D eigenvalue weighted by atomic mass is 15.2. The van der Waals surface area contributed by atoms with Gasteiger partial charge in [0.15, 0.2) is 0 Å². The van der Waals surface area contributed by atoms with E-state index in [9.17, 15) is 0 Å². The smallest absolute Gasteiger partial charge is 0.0236 e. The Kier molecular flexibility index (Phi) is 1.29. The molecule has 2 atom stereocenters. The number of nitrogens with zero attached hydrogens (tertiary/aromatic N) is 1. The molecule has 1 saturated carbocycles. The molecule has 11 heavy (non-hydrogen) atoms. The molecule has 2 nitrogen and oxygen atoms in total. The molecule has 2 unspecified atom stereocenters. The molecule has 3 rings (SSSR count). The third-order valence-electron chi connectivity index (χ3n) is 3.45. The van der Waals surface area contributed by atoms with Crippen LogP contribution in [0.4, 0.5) is 0 Å². The SMILES string of the molecule is C1CC2CN(C3CC3)CC2N1. The molecule has 1 aliphatic carbocycles. The second-order valence-electron chi connectivity index (χ2n) is 4.29. The van der Waals surface area contributed by atoms with Crippen LogP contribution in [0.2, 0.25) is 0 Å². The van der Waals surface area contributed by atoms with Gasteiger partial charge in [0.2, 0.25) is 0 Å². The molecule has 0 spiro atoms. The predicted octanol–water partition coefficient (Wildman–Crippen LogP) is 0.442. The van der Waals surface area contributed by atoms with Crippen molar-refractivity contribution in [2.45, 2.75) is 31.3 Å². The van der Waals surface area contributed by atoms with Crippen molar-refractivity contribution in [1.29, 1.82) is 0 Å². The van der Waals surface area contributed by atoms with Crippen LogP contribution in [0.25, 0.3) is 0 Å². The van der Waals surface area contributed by atoms with Crippen LogP contribution in [0.3, 0.4) is 0 Å². The summed E-state index contributed by atoms with van der Waals surface area (Å²) in [6.45, 7) is 4.01. The van der Waals surface area contributed by atoms with Gasteiger partial charge in [-0.05, 0) is 31.7 Å². The van der Waals surface area contributed by atoms with Crippen LogP contribution in [-0.4, -0.2) is 36.6 Å². The number of fused-ring (bicyclic) bond motifs is 1. The van der Waals surface area contributed by atoms with Crippen LogP contribution in [0.1, 0.15) is 19.3 Å². The van der Waals surface area contributed by atoms with Crippen molar-refractivity contribution in [3.05, 3.63) is 0 Å². The molecular formula is C9H16N2. The normalized spacial score (nSPS) is 44.7. The average molecular weight is 152 g/mol. The summed E-state index contributed by atoms with van der Waals surface area (Å²) in [6, 6.07) is 1.85. The van der Waals surface area contributed by atoms with Gasteiger partial charge in [-0.25, -0.2) is 0 Å². The van der Waals surface area contributed by atoms with E-state index >= 15 is 0 Å². The third-order valence-corrected chi connectivity index (χ3v) is 3.45. The summed E-state index contributed by atoms with van der Waals surface area (Å²) >= 11 is 0.